The number of ketones is 1. The van der Waals surface area contributed by atoms with Crippen molar-refractivity contribution < 1.29 is 36.3 Å². The van der Waals surface area contributed by atoms with Crippen LogP contribution in [0.25, 0.3) is 17.2 Å². The van der Waals surface area contributed by atoms with Crippen LogP contribution in [-0.4, -0.2) is 61.6 Å². The Hall–Kier alpha value is -6.17. The molecule has 1 amide bonds. The number of alkyl halides is 5. The van der Waals surface area contributed by atoms with Gasteiger partial charge in [-0.3, -0.25) is 19.0 Å². The Balaban J connectivity index is 0.000000731. The van der Waals surface area contributed by atoms with E-state index in [1.54, 1.807) is 39.0 Å². The molecule has 10 nitrogen and oxygen atoms in total. The Kier molecular flexibility index (Phi) is 29.7. The van der Waals surface area contributed by atoms with Gasteiger partial charge in [0.05, 0.1) is 29.0 Å². The largest absolute Gasteiger partial charge is 0.435 e. The average molecular weight is 1080 g/mol. The van der Waals surface area contributed by atoms with Crippen LogP contribution >= 0.6 is 0 Å². The van der Waals surface area contributed by atoms with Crippen LogP contribution in [0.2, 0.25) is 0 Å². The van der Waals surface area contributed by atoms with E-state index in [1.165, 1.54) is 68.7 Å². The quantitative estimate of drug-likeness (QED) is 0.0236. The summed E-state index contributed by atoms with van der Waals surface area (Å²) >= 11 is 0. The van der Waals surface area contributed by atoms with Crippen LogP contribution in [-0.2, 0) is 34.2 Å². The molecule has 3 aromatic rings. The molecule has 1 aliphatic carbocycles. The van der Waals surface area contributed by atoms with Crippen LogP contribution in [0.1, 0.15) is 194 Å². The molecule has 1 aliphatic rings. The Morgan fingerprint density at radius 2 is 1.62 bits per heavy atom. The number of Topliss-reactive ketones (excluding diaryl/α,β-unsaturated/α-hetero) is 1. The lowest BCUT2D eigenvalue weighted by atomic mass is 9.93. The Labute approximate surface area is 458 Å². The summed E-state index contributed by atoms with van der Waals surface area (Å²) in [5, 5.41) is 20.9. The van der Waals surface area contributed by atoms with Crippen LogP contribution in [0, 0.1) is 35.0 Å². The highest BCUT2D eigenvalue weighted by atomic mass is 19.4. The molecule has 0 aliphatic heterocycles. The van der Waals surface area contributed by atoms with Gasteiger partial charge in [0.1, 0.15) is 12.4 Å². The first-order valence-electron chi connectivity index (χ1n) is 27.2. The van der Waals surface area contributed by atoms with Gasteiger partial charge in [-0.25, -0.2) is 0 Å². The van der Waals surface area contributed by atoms with Gasteiger partial charge in [0.2, 0.25) is 5.91 Å². The third-order valence-electron chi connectivity index (χ3n) is 13.0. The molecule has 2 heterocycles. The van der Waals surface area contributed by atoms with Crippen LogP contribution in [0.3, 0.4) is 0 Å². The molecule has 77 heavy (non-hydrogen) atoms. The van der Waals surface area contributed by atoms with Gasteiger partial charge in [-0.15, -0.1) is 0 Å². The van der Waals surface area contributed by atoms with Gasteiger partial charge in [0.25, 0.3) is 0 Å². The number of allylic oxidation sites excluding steroid dienone is 9. The van der Waals surface area contributed by atoms with Crippen molar-refractivity contribution >= 4 is 35.2 Å². The number of nitrogens with one attached hydrogen (secondary N) is 1. The number of aromatic nitrogens is 4. The summed E-state index contributed by atoms with van der Waals surface area (Å²) in [4.78, 5) is 35.8. The lowest BCUT2D eigenvalue weighted by Gasteiger charge is -2.29. The number of rotatable bonds is 24. The zero-order chi connectivity index (χ0) is 59.0. The average Bonchev–Trinajstić information content (AvgIpc) is 3.86. The van der Waals surface area contributed by atoms with E-state index in [0.29, 0.717) is 17.9 Å². The molecule has 0 radical (unpaired) electrons. The number of hydrogen-bond acceptors (Lipinski definition) is 7. The van der Waals surface area contributed by atoms with E-state index in [4.69, 9.17) is 0 Å². The summed E-state index contributed by atoms with van der Waals surface area (Å²) in [6.07, 6.45) is 15.8. The van der Waals surface area contributed by atoms with E-state index in [1.807, 2.05) is 72.3 Å². The lowest BCUT2D eigenvalue weighted by molar-refractivity contribution is -0.141. The minimum atomic E-state index is -4.78. The summed E-state index contributed by atoms with van der Waals surface area (Å²) in [6.45, 7) is 28.9. The molecule has 2 aromatic heterocycles. The van der Waals surface area contributed by atoms with Gasteiger partial charge in [-0.2, -0.15) is 37.4 Å². The van der Waals surface area contributed by atoms with E-state index < -0.39 is 41.6 Å². The van der Waals surface area contributed by atoms with E-state index in [9.17, 15) is 41.6 Å². The molecule has 0 saturated heterocycles. The van der Waals surface area contributed by atoms with Crippen molar-refractivity contribution in [3.63, 3.8) is 0 Å². The first-order valence-corrected chi connectivity index (χ1v) is 27.2. The van der Waals surface area contributed by atoms with Crippen molar-refractivity contribution in [2.24, 2.45) is 30.7 Å². The first kappa shape index (κ1) is 68.8. The van der Waals surface area contributed by atoms with Crippen LogP contribution in [0.5, 0.6) is 0 Å². The minimum Gasteiger partial charge on any atom is -0.349 e. The molecule has 0 spiro atoms. The summed E-state index contributed by atoms with van der Waals surface area (Å²) in [6, 6.07) is 11.8. The Morgan fingerprint density at radius 3 is 2.09 bits per heavy atom. The fourth-order valence-corrected chi connectivity index (χ4v) is 8.26. The van der Waals surface area contributed by atoms with Gasteiger partial charge in [0.15, 0.2) is 11.5 Å². The predicted molar refractivity (Wildman–Crippen MR) is 305 cm³/mol. The van der Waals surface area contributed by atoms with Gasteiger partial charge in [-0.1, -0.05) is 144 Å². The van der Waals surface area contributed by atoms with Crippen molar-refractivity contribution in [1.29, 1.82) is 5.26 Å². The molecule has 1 fully saturated rings. The van der Waals surface area contributed by atoms with E-state index in [0.717, 1.165) is 52.2 Å². The molecule has 1 aromatic carbocycles. The summed E-state index contributed by atoms with van der Waals surface area (Å²) in [7, 11) is 3.22. The van der Waals surface area contributed by atoms with Crippen molar-refractivity contribution in [2.45, 2.75) is 185 Å². The van der Waals surface area contributed by atoms with Gasteiger partial charge >= 0.3 is 12.7 Å². The molecule has 0 bridgehead atoms. The van der Waals surface area contributed by atoms with E-state index in [-0.39, 0.29) is 47.2 Å². The summed E-state index contributed by atoms with van der Waals surface area (Å²) < 4.78 is 70.6. The molecule has 1 saturated carbocycles. The summed E-state index contributed by atoms with van der Waals surface area (Å²) in [5.74, 6) is 0.644. The zero-order valence-corrected chi connectivity index (χ0v) is 49.2. The maximum absolute atomic E-state index is 13.8. The second kappa shape index (κ2) is 33.2. The molecular formula is C62H90F5N7O3. The molecule has 5 atom stereocenters. The Morgan fingerprint density at radius 1 is 1.00 bits per heavy atom. The molecule has 15 heteroatoms. The zero-order valence-electron chi connectivity index (χ0n) is 49.2. The van der Waals surface area contributed by atoms with Crippen molar-refractivity contribution in [2.75, 3.05) is 7.05 Å². The molecular weight excluding hydrogens is 986 g/mol. The van der Waals surface area contributed by atoms with Crippen LogP contribution < -0.4 is 5.32 Å². The normalized spacial score (nSPS) is 16.4. The van der Waals surface area contributed by atoms with Gasteiger partial charge < -0.3 is 15.0 Å². The maximum Gasteiger partial charge on any atom is 0.435 e. The third-order valence-corrected chi connectivity index (χ3v) is 13.0. The number of carbonyl (C=O) groups excluding carboxylic acids is 3. The number of aldehydes is 1. The lowest BCUT2D eigenvalue weighted by Crippen LogP contribution is -2.48. The fraction of sp³-hybridized carbons (Fsp3) is 0.548. The van der Waals surface area contributed by atoms with Crippen LogP contribution in [0.4, 0.5) is 22.0 Å². The molecule has 426 valence electrons. The smallest absolute Gasteiger partial charge is 0.349 e. The fourth-order valence-electron chi connectivity index (χ4n) is 8.26. The molecule has 5 unspecified atom stereocenters. The number of aryl methyl sites for hydroxylation is 1. The van der Waals surface area contributed by atoms with Gasteiger partial charge in [-0.05, 0) is 118 Å². The highest BCUT2D eigenvalue weighted by Gasteiger charge is 2.38. The van der Waals surface area contributed by atoms with E-state index >= 15 is 0 Å². The highest BCUT2D eigenvalue weighted by molar-refractivity contribution is 6.01. The highest BCUT2D eigenvalue weighted by Crippen LogP contribution is 2.50. The standard InChI is InChI=1S/C31H42F5N5O2.C24H32N2.C5H10O.C2H6/c1-10-11-12-23(17-40(9)29(32)33)14-20(4)28(43)38-30(7,8)18-41-26(15-27(39-41)31(34,35)36)24(13-19(2)3)21(5)25(16-37)22(6)42;1-6-9-21-15-23(21)20-12-10-19(11-13-20)18(8-3)14-22-16-26(5)25-24(22)17(4)7-2;1-3-5(2)4-6;1-2/h11-13,15,17,19-20,29H,10,14,18H2,1-9H3,(H,38,43);8,10-14,16-17,21,23H,3,6-7,9,15H2,1-2,4-5H3;4-5H,3H2,1-2H3;1-2H3/b12-11+,23-17+,24-13+,25-21-;18-14+;;. The predicted octanol–water partition coefficient (Wildman–Crippen LogP) is 16.1. The number of hydrogen-bond donors (Lipinski definition) is 1. The first-order chi connectivity index (χ1) is 36.1. The van der Waals surface area contributed by atoms with E-state index in [2.05, 4.69) is 79.4 Å². The van der Waals surface area contributed by atoms with Gasteiger partial charge in [0, 0.05) is 55.4 Å². The monoisotopic (exact) mass is 1080 g/mol. The minimum absolute atomic E-state index is 0.0351. The third kappa shape index (κ3) is 22.8. The number of carbonyl (C=O) groups is 3. The van der Waals surface area contributed by atoms with Crippen LogP contribution in [0.15, 0.2) is 90.3 Å². The summed E-state index contributed by atoms with van der Waals surface area (Å²) in [5.41, 5.74) is 4.81. The van der Waals surface area contributed by atoms with Crippen molar-refractivity contribution in [1.82, 2.24) is 29.8 Å². The number of halogens is 5. The van der Waals surface area contributed by atoms with Crippen molar-refractivity contribution in [3.8, 4) is 6.07 Å². The number of benzene rings is 1. The second-order valence-electron chi connectivity index (χ2n) is 20.8. The second-order valence-corrected chi connectivity index (χ2v) is 20.8. The molecule has 1 N–H and O–H groups in total. The number of nitriles is 1. The number of amides is 1. The maximum atomic E-state index is 13.8. The number of nitrogens with zero attached hydrogens (tertiary/aromatic N) is 6. The topological polar surface area (TPSA) is 126 Å². The molecule has 4 rings (SSSR count). The SMILES string of the molecule is C=C/C(=C\c1cn(C)nc1C(C)CC)c1ccc(C2CC2CCC)cc1.CC.CC/C=C/C(=C\N(C)C(F)F)CC(C)C(=O)NC(C)(C)Cn1nc(C(F)(F)F)cc1C(=C/C(C)C)/C(C)=C(/C#N)C(C)=O.CCC(C)C=O. The Bertz CT molecular complexity index is 2550. The van der Waals surface area contributed by atoms with Crippen molar-refractivity contribution in [3.05, 3.63) is 124 Å².